The molecule has 234 valence electrons. The number of halogens is 2. The number of carbonyl (C=O) groups is 3. The number of amides is 4. The molecule has 0 saturated carbocycles. The highest BCUT2D eigenvalue weighted by atomic mass is 35.5. The molecule has 4 amide bonds. The van der Waals surface area contributed by atoms with E-state index in [1.165, 1.54) is 5.01 Å². The van der Waals surface area contributed by atoms with Crippen molar-refractivity contribution in [3.05, 3.63) is 112 Å². The second kappa shape index (κ2) is 13.3. The van der Waals surface area contributed by atoms with Crippen LogP contribution in [0, 0.1) is 12.3 Å². The molecule has 0 aliphatic carbocycles. The van der Waals surface area contributed by atoms with E-state index < -0.39 is 18.2 Å². The Morgan fingerprint density at radius 3 is 2.48 bits per heavy atom. The van der Waals surface area contributed by atoms with Gasteiger partial charge in [-0.1, -0.05) is 89.8 Å². The Kier molecular flexibility index (Phi) is 9.04. The van der Waals surface area contributed by atoms with E-state index in [0.717, 1.165) is 27.5 Å². The number of urea groups is 1. The summed E-state index contributed by atoms with van der Waals surface area (Å²) in [5.74, 6) is 2.16. The summed E-state index contributed by atoms with van der Waals surface area (Å²) < 4.78 is 0. The number of piperazine rings is 1. The molecule has 2 N–H and O–H groups in total. The third kappa shape index (κ3) is 6.33. The van der Waals surface area contributed by atoms with E-state index >= 15 is 0 Å². The van der Waals surface area contributed by atoms with Gasteiger partial charge in [0.1, 0.15) is 18.0 Å². The van der Waals surface area contributed by atoms with Gasteiger partial charge in [-0.25, -0.2) is 9.80 Å². The Morgan fingerprint density at radius 1 is 0.978 bits per heavy atom. The van der Waals surface area contributed by atoms with Crippen molar-refractivity contribution in [2.45, 2.75) is 31.7 Å². The van der Waals surface area contributed by atoms with E-state index in [1.54, 1.807) is 57.3 Å². The number of terminal acetylenes is 1. The lowest BCUT2D eigenvalue weighted by atomic mass is 9.99. The molecule has 2 aliphatic heterocycles. The van der Waals surface area contributed by atoms with Crippen LogP contribution in [0.5, 0.6) is 5.75 Å². The first kappa shape index (κ1) is 31.2. The number of hydrogen-bond acceptors (Lipinski definition) is 5. The van der Waals surface area contributed by atoms with E-state index in [2.05, 4.69) is 11.2 Å². The van der Waals surface area contributed by atoms with Gasteiger partial charge in [0.25, 0.3) is 0 Å². The molecule has 4 aromatic rings. The highest BCUT2D eigenvalue weighted by Crippen LogP contribution is 2.31. The maximum absolute atomic E-state index is 14.2. The number of fused-ring (bicyclic) bond motifs is 2. The maximum atomic E-state index is 14.2. The van der Waals surface area contributed by atoms with Crippen LogP contribution in [0.1, 0.15) is 16.7 Å². The van der Waals surface area contributed by atoms with Crippen LogP contribution < -0.4 is 5.32 Å². The monoisotopic (exact) mass is 655 g/mol. The minimum absolute atomic E-state index is 0.0925. The molecule has 0 bridgehead atoms. The van der Waals surface area contributed by atoms with E-state index in [-0.39, 0.29) is 50.2 Å². The van der Waals surface area contributed by atoms with Crippen LogP contribution >= 0.6 is 23.2 Å². The van der Waals surface area contributed by atoms with E-state index in [9.17, 15) is 19.5 Å². The highest BCUT2D eigenvalue weighted by Gasteiger charge is 2.52. The van der Waals surface area contributed by atoms with Gasteiger partial charge < -0.3 is 20.2 Å². The molecule has 0 aromatic heterocycles. The second-order valence-corrected chi connectivity index (χ2v) is 12.1. The Morgan fingerprint density at radius 2 is 1.72 bits per heavy atom. The minimum Gasteiger partial charge on any atom is -0.508 e. The highest BCUT2D eigenvalue weighted by molar-refractivity contribution is 6.42. The first-order valence-electron chi connectivity index (χ1n) is 14.8. The molecule has 46 heavy (non-hydrogen) atoms. The molecule has 0 spiro atoms. The van der Waals surface area contributed by atoms with Crippen LogP contribution in [-0.2, 0) is 29.1 Å². The summed E-state index contributed by atoms with van der Waals surface area (Å²) in [5.41, 5.74) is 2.49. The lowest BCUT2D eigenvalue weighted by Gasteiger charge is -2.46. The number of hydrogen-bond donors (Lipinski definition) is 2. The van der Waals surface area contributed by atoms with Crippen LogP contribution in [0.25, 0.3) is 10.8 Å². The molecule has 0 radical (unpaired) electrons. The summed E-state index contributed by atoms with van der Waals surface area (Å²) in [5, 5.41) is 18.6. The average Bonchev–Trinajstić information content (AvgIpc) is 3.38. The fourth-order valence-corrected chi connectivity index (χ4v) is 6.49. The van der Waals surface area contributed by atoms with Crippen molar-refractivity contribution >= 4 is 51.8 Å². The van der Waals surface area contributed by atoms with Crippen molar-refractivity contribution in [1.29, 1.82) is 0 Å². The van der Waals surface area contributed by atoms with Crippen LogP contribution in [-0.4, -0.2) is 74.6 Å². The number of phenolic OH excluding ortho intramolecular Hbond substituents is 1. The SMILES string of the molecule is C#CCN(C(=O)NCc1ccc(Cl)c(Cl)c1)N1CC(=O)N2[C@@H](Cc3ccc(O)cc3)C(=O)N(Cc3cccc4ccccc34)C[C@@H]21. The van der Waals surface area contributed by atoms with Gasteiger partial charge in [0, 0.05) is 19.5 Å². The van der Waals surface area contributed by atoms with Crippen molar-refractivity contribution in [2.24, 2.45) is 0 Å². The number of nitrogens with one attached hydrogen (secondary N) is 1. The lowest BCUT2D eigenvalue weighted by Crippen LogP contribution is -2.66. The van der Waals surface area contributed by atoms with Gasteiger partial charge in [0.05, 0.1) is 29.7 Å². The molecule has 11 heteroatoms. The molecule has 2 aliphatic rings. The summed E-state index contributed by atoms with van der Waals surface area (Å²) in [7, 11) is 0. The number of carbonyl (C=O) groups excluding carboxylic acids is 3. The normalized spacial score (nSPS) is 18.0. The number of benzene rings is 4. The smallest absolute Gasteiger partial charge is 0.333 e. The second-order valence-electron chi connectivity index (χ2n) is 11.3. The van der Waals surface area contributed by atoms with Gasteiger partial charge in [-0.05, 0) is 51.7 Å². The lowest BCUT2D eigenvalue weighted by molar-refractivity contribution is -0.157. The van der Waals surface area contributed by atoms with Gasteiger partial charge in [-0.2, -0.15) is 5.01 Å². The summed E-state index contributed by atoms with van der Waals surface area (Å²) in [6, 6.07) is 24.3. The van der Waals surface area contributed by atoms with Gasteiger partial charge in [0.15, 0.2) is 0 Å². The van der Waals surface area contributed by atoms with Crippen LogP contribution in [0.4, 0.5) is 4.79 Å². The van der Waals surface area contributed by atoms with Gasteiger partial charge in [-0.15, -0.1) is 6.42 Å². The fourth-order valence-electron chi connectivity index (χ4n) is 6.17. The van der Waals surface area contributed by atoms with Crippen molar-refractivity contribution in [2.75, 3.05) is 19.6 Å². The average molecular weight is 657 g/mol. The number of hydrazine groups is 1. The molecule has 2 fully saturated rings. The van der Waals surface area contributed by atoms with Gasteiger partial charge in [-0.3, -0.25) is 9.59 Å². The first-order valence-corrected chi connectivity index (χ1v) is 15.5. The van der Waals surface area contributed by atoms with Crippen molar-refractivity contribution in [3.8, 4) is 18.1 Å². The molecule has 2 heterocycles. The molecule has 9 nitrogen and oxygen atoms in total. The third-order valence-corrected chi connectivity index (χ3v) is 9.13. The maximum Gasteiger partial charge on any atom is 0.333 e. The zero-order valence-corrected chi connectivity index (χ0v) is 26.3. The zero-order chi connectivity index (χ0) is 32.4. The Hall–Kier alpha value is -4.75. The Balaban J connectivity index is 1.31. The number of rotatable bonds is 8. The predicted octanol–water partition coefficient (Wildman–Crippen LogP) is 5.04. The Labute approximate surface area is 276 Å². The van der Waals surface area contributed by atoms with E-state index in [0.29, 0.717) is 16.6 Å². The van der Waals surface area contributed by atoms with E-state index in [1.807, 2.05) is 42.5 Å². The molecular formula is C35H31Cl2N5O4. The third-order valence-electron chi connectivity index (χ3n) is 8.39. The van der Waals surface area contributed by atoms with Gasteiger partial charge in [0.2, 0.25) is 11.8 Å². The standard InChI is InChI=1S/C35H31Cl2N5O4/c1-2-16-40(35(46)38-19-24-12-15-29(36)30(37)17-24)41-22-33(44)42-31(18-23-10-13-27(43)14-11-23)34(45)39(21-32(41)42)20-26-8-5-7-25-6-3-4-9-28(25)26/h1,3-15,17,31-32,43H,16,18-22H2,(H,38,46)/t31-,32+/m0/s1. The van der Waals surface area contributed by atoms with Crippen molar-refractivity contribution < 1.29 is 19.5 Å². The van der Waals surface area contributed by atoms with Crippen molar-refractivity contribution in [3.63, 3.8) is 0 Å². The summed E-state index contributed by atoms with van der Waals surface area (Å²) in [6.45, 7) is 0.416. The predicted molar refractivity (Wildman–Crippen MR) is 177 cm³/mol. The van der Waals surface area contributed by atoms with E-state index in [4.69, 9.17) is 29.6 Å². The topological polar surface area (TPSA) is 96.4 Å². The zero-order valence-electron chi connectivity index (χ0n) is 24.8. The number of phenols is 1. The first-order chi connectivity index (χ1) is 22.2. The molecule has 0 unspecified atom stereocenters. The summed E-state index contributed by atoms with van der Waals surface area (Å²) >= 11 is 12.2. The van der Waals surface area contributed by atoms with Crippen LogP contribution in [0.2, 0.25) is 10.0 Å². The number of aromatic hydroxyl groups is 1. The van der Waals surface area contributed by atoms with Crippen LogP contribution in [0.15, 0.2) is 84.9 Å². The van der Waals surface area contributed by atoms with Gasteiger partial charge >= 0.3 is 6.03 Å². The summed E-state index contributed by atoms with van der Waals surface area (Å²) in [6.07, 6.45) is 5.30. The Bertz CT molecular complexity index is 1840. The number of nitrogens with zero attached hydrogens (tertiary/aromatic N) is 4. The minimum atomic E-state index is -0.831. The summed E-state index contributed by atoms with van der Waals surface area (Å²) in [4.78, 5) is 44.8. The quantitative estimate of drug-likeness (QED) is 0.260. The fraction of sp³-hybridized carbons (Fsp3) is 0.229. The molecule has 4 aromatic carbocycles. The molecule has 2 atom stereocenters. The van der Waals surface area contributed by atoms with Crippen molar-refractivity contribution in [1.82, 2.24) is 25.1 Å². The molecule has 2 saturated heterocycles. The molecular weight excluding hydrogens is 625 g/mol. The largest absolute Gasteiger partial charge is 0.508 e. The molecule has 6 rings (SSSR count). The van der Waals surface area contributed by atoms with Crippen LogP contribution in [0.3, 0.4) is 0 Å².